The van der Waals surface area contributed by atoms with E-state index >= 15 is 0 Å². The minimum absolute atomic E-state index is 0.111. The molecule has 2 N–H and O–H groups in total. The molecule has 2 fully saturated rings. The van der Waals surface area contributed by atoms with E-state index in [9.17, 15) is 5.11 Å². The molecule has 2 aromatic heterocycles. The molecule has 2 aliphatic rings. The minimum atomic E-state index is -0.584. The van der Waals surface area contributed by atoms with Crippen molar-refractivity contribution in [2.75, 3.05) is 6.61 Å². The summed E-state index contributed by atoms with van der Waals surface area (Å²) in [6.07, 6.45) is 2.49. The molecule has 0 aromatic carbocycles. The molecule has 2 aliphatic heterocycles. The molecule has 0 aliphatic carbocycles. The second-order valence-electron chi connectivity index (χ2n) is 5.73. The van der Waals surface area contributed by atoms with E-state index in [-0.39, 0.29) is 18.2 Å². The van der Waals surface area contributed by atoms with Crippen molar-refractivity contribution in [3.05, 3.63) is 40.6 Å². The molecule has 5 atom stereocenters. The van der Waals surface area contributed by atoms with Crippen LogP contribution >= 0.6 is 11.3 Å². The van der Waals surface area contributed by atoms with Crippen LogP contribution in [-0.2, 0) is 16.0 Å². The summed E-state index contributed by atoms with van der Waals surface area (Å²) in [5.74, 6) is 0.846. The van der Waals surface area contributed by atoms with E-state index in [0.29, 0.717) is 6.61 Å². The lowest BCUT2D eigenvalue weighted by molar-refractivity contribution is -0.165. The Balaban J connectivity index is 1.55. The number of aliphatic hydroxyl groups excluding tert-OH is 1. The van der Waals surface area contributed by atoms with Gasteiger partial charge >= 0.3 is 0 Å². The number of aromatic nitrogens is 2. The number of ether oxygens (including phenoxy) is 2. The second-order valence-corrected chi connectivity index (χ2v) is 6.76. The predicted molar refractivity (Wildman–Crippen MR) is 81.6 cm³/mol. The first kappa shape index (κ1) is 14.3. The summed E-state index contributed by atoms with van der Waals surface area (Å²) in [7, 11) is 0. The Morgan fingerprint density at radius 1 is 1.55 bits per heavy atom. The van der Waals surface area contributed by atoms with Crippen LogP contribution in [0, 0.1) is 6.92 Å². The van der Waals surface area contributed by atoms with Gasteiger partial charge in [0, 0.05) is 23.8 Å². The molecular weight excluding hydrogens is 302 g/mol. The Morgan fingerprint density at radius 2 is 2.45 bits per heavy atom. The summed E-state index contributed by atoms with van der Waals surface area (Å²) in [6, 6.07) is 3.68. The van der Waals surface area contributed by atoms with Gasteiger partial charge in [0.2, 0.25) is 0 Å². The zero-order valence-electron chi connectivity index (χ0n) is 12.3. The molecule has 0 saturated carbocycles. The van der Waals surface area contributed by atoms with Gasteiger partial charge in [-0.2, -0.15) is 0 Å². The number of hydrogen-bond acceptors (Lipinski definition) is 6. The molecule has 4 heterocycles. The standard InChI is InChI=1S/C15H19N3O3S/c1-9-16-4-5-18(9)13-14(19)12(11-8-20-15(13)21-11)17-7-10-3-2-6-22-10/h2-6,11-15,17,19H,7-8H2,1H3/t11-,12-,13-,14+,15-/m1/s1. The normalized spacial score (nSPS) is 34.2. The molecule has 0 radical (unpaired) electrons. The van der Waals surface area contributed by atoms with Crippen LogP contribution in [0.4, 0.5) is 0 Å². The highest BCUT2D eigenvalue weighted by Gasteiger charge is 2.50. The van der Waals surface area contributed by atoms with Crippen molar-refractivity contribution in [1.29, 1.82) is 0 Å². The average Bonchev–Trinajstić information content (AvgIpc) is 3.22. The van der Waals surface area contributed by atoms with Crippen LogP contribution in [0.1, 0.15) is 16.7 Å². The maximum atomic E-state index is 10.9. The Bertz CT molecular complexity index is 630. The van der Waals surface area contributed by atoms with E-state index < -0.39 is 12.4 Å². The van der Waals surface area contributed by atoms with Gasteiger partial charge in [0.25, 0.3) is 0 Å². The number of thiophene rings is 1. The van der Waals surface area contributed by atoms with E-state index in [1.807, 2.05) is 23.8 Å². The van der Waals surface area contributed by atoms with Crippen molar-refractivity contribution in [2.45, 2.75) is 44.1 Å². The van der Waals surface area contributed by atoms with Gasteiger partial charge in [0.1, 0.15) is 18.0 Å². The van der Waals surface area contributed by atoms with Crippen molar-refractivity contribution in [3.63, 3.8) is 0 Å². The van der Waals surface area contributed by atoms with E-state index in [0.717, 1.165) is 12.4 Å². The van der Waals surface area contributed by atoms with Gasteiger partial charge in [-0.05, 0) is 18.4 Å². The molecule has 6 nitrogen and oxygen atoms in total. The number of nitrogens with zero attached hydrogens (tertiary/aromatic N) is 2. The third-order valence-corrected chi connectivity index (χ3v) is 5.28. The fourth-order valence-electron chi connectivity index (χ4n) is 3.28. The van der Waals surface area contributed by atoms with Crippen molar-refractivity contribution in [2.24, 2.45) is 0 Å². The lowest BCUT2D eigenvalue weighted by Crippen LogP contribution is -2.57. The highest BCUT2D eigenvalue weighted by Crippen LogP contribution is 2.36. The van der Waals surface area contributed by atoms with E-state index in [2.05, 4.69) is 21.7 Å². The van der Waals surface area contributed by atoms with E-state index in [1.165, 1.54) is 4.88 Å². The smallest absolute Gasteiger partial charge is 0.181 e. The van der Waals surface area contributed by atoms with E-state index in [4.69, 9.17) is 9.47 Å². The van der Waals surface area contributed by atoms with Crippen LogP contribution in [0.25, 0.3) is 0 Å². The second kappa shape index (κ2) is 5.75. The van der Waals surface area contributed by atoms with Gasteiger partial charge in [-0.1, -0.05) is 6.07 Å². The molecule has 22 heavy (non-hydrogen) atoms. The topological polar surface area (TPSA) is 68.5 Å². The molecule has 2 bridgehead atoms. The number of nitrogens with one attached hydrogen (secondary N) is 1. The molecule has 118 valence electrons. The van der Waals surface area contributed by atoms with Crippen molar-refractivity contribution >= 4 is 11.3 Å². The molecule has 2 aromatic rings. The van der Waals surface area contributed by atoms with Gasteiger partial charge in [0.05, 0.1) is 18.8 Å². The van der Waals surface area contributed by atoms with Gasteiger partial charge < -0.3 is 24.5 Å². The monoisotopic (exact) mass is 321 g/mol. The van der Waals surface area contributed by atoms with Gasteiger partial charge in [-0.15, -0.1) is 11.3 Å². The third kappa shape index (κ3) is 2.39. The Labute approximate surface area is 132 Å². The Hall–Kier alpha value is -1.25. The van der Waals surface area contributed by atoms with Crippen LogP contribution in [0.3, 0.4) is 0 Å². The zero-order valence-corrected chi connectivity index (χ0v) is 13.1. The fourth-order valence-corrected chi connectivity index (χ4v) is 3.94. The summed E-state index contributed by atoms with van der Waals surface area (Å²) in [5, 5.41) is 16.4. The first-order valence-electron chi connectivity index (χ1n) is 7.44. The predicted octanol–water partition coefficient (Wildman–Crippen LogP) is 1.07. The summed E-state index contributed by atoms with van der Waals surface area (Å²) >= 11 is 1.70. The number of aryl methyl sites for hydroxylation is 1. The molecule has 2 saturated heterocycles. The van der Waals surface area contributed by atoms with Crippen LogP contribution in [0.2, 0.25) is 0 Å². The van der Waals surface area contributed by atoms with Crippen LogP contribution in [0.15, 0.2) is 29.9 Å². The Morgan fingerprint density at radius 3 is 3.18 bits per heavy atom. The minimum Gasteiger partial charge on any atom is -0.389 e. The fraction of sp³-hybridized carbons (Fsp3) is 0.533. The van der Waals surface area contributed by atoms with Crippen molar-refractivity contribution < 1.29 is 14.6 Å². The molecule has 7 heteroatoms. The number of hydrogen-bond donors (Lipinski definition) is 2. The summed E-state index contributed by atoms with van der Waals surface area (Å²) in [6.45, 7) is 3.15. The summed E-state index contributed by atoms with van der Waals surface area (Å²) < 4.78 is 13.6. The summed E-state index contributed by atoms with van der Waals surface area (Å²) in [4.78, 5) is 5.48. The largest absolute Gasteiger partial charge is 0.389 e. The number of fused-ring (bicyclic) bond motifs is 2. The highest BCUT2D eigenvalue weighted by atomic mass is 32.1. The SMILES string of the molecule is Cc1nccn1[C@H]1[C@@H]2OC[C@@H](O2)[C@@H](NCc2cccs2)[C@@H]1O. The quantitative estimate of drug-likeness (QED) is 0.882. The Kier molecular flexibility index (Phi) is 3.75. The van der Waals surface area contributed by atoms with Crippen LogP contribution in [-0.4, -0.2) is 45.8 Å². The number of rotatable bonds is 4. The van der Waals surface area contributed by atoms with E-state index in [1.54, 1.807) is 17.5 Å². The number of imidazole rings is 1. The molecule has 0 amide bonds. The lowest BCUT2D eigenvalue weighted by Gasteiger charge is -2.39. The number of aliphatic hydroxyl groups is 1. The van der Waals surface area contributed by atoms with Gasteiger partial charge in [-0.3, -0.25) is 0 Å². The van der Waals surface area contributed by atoms with Crippen LogP contribution < -0.4 is 5.32 Å². The third-order valence-electron chi connectivity index (χ3n) is 4.41. The van der Waals surface area contributed by atoms with Crippen molar-refractivity contribution in [1.82, 2.24) is 14.9 Å². The lowest BCUT2D eigenvalue weighted by atomic mass is 9.95. The average molecular weight is 321 g/mol. The first-order chi connectivity index (χ1) is 10.7. The van der Waals surface area contributed by atoms with Gasteiger partial charge in [-0.25, -0.2) is 4.98 Å². The van der Waals surface area contributed by atoms with Gasteiger partial charge in [0.15, 0.2) is 6.29 Å². The zero-order chi connectivity index (χ0) is 15.1. The van der Waals surface area contributed by atoms with Crippen LogP contribution in [0.5, 0.6) is 0 Å². The summed E-state index contributed by atoms with van der Waals surface area (Å²) in [5.41, 5.74) is 0. The molecule has 0 spiro atoms. The highest BCUT2D eigenvalue weighted by molar-refractivity contribution is 7.09. The molecular formula is C15H19N3O3S. The first-order valence-corrected chi connectivity index (χ1v) is 8.32. The van der Waals surface area contributed by atoms with Crippen molar-refractivity contribution in [3.8, 4) is 0 Å². The maximum Gasteiger partial charge on any atom is 0.181 e. The molecule has 4 rings (SSSR count). The maximum absolute atomic E-state index is 10.9. The molecule has 0 unspecified atom stereocenters.